The van der Waals surface area contributed by atoms with E-state index in [2.05, 4.69) is 222 Å². The number of hydrogen-bond acceptors (Lipinski definition) is 5. The molecule has 324 valence electrons. The molecule has 12 aromatic rings. The van der Waals surface area contributed by atoms with E-state index < -0.39 is 0 Å². The standard InChI is InChI=1S/C63H41N5S/c64-42-57(61(49-16-6-2-7-17-49)50-18-8-3-9-19-50)48-26-24-44(25-27-48)46-30-36-52(37-31-46)67(51-34-28-45(29-35-51)43-14-4-1-5-15-43)60-41-40-54(62-63(60)66-69-65-62)47-32-38-53(39-33-47)68-58-22-12-10-20-55(58)56-21-11-13-23-59(56)68/h1-41H. The molecule has 2 aromatic heterocycles. The highest BCUT2D eigenvalue weighted by molar-refractivity contribution is 7.00. The van der Waals surface area contributed by atoms with Crippen LogP contribution in [0, 0.1) is 11.3 Å². The van der Waals surface area contributed by atoms with Crippen molar-refractivity contribution in [3.05, 3.63) is 265 Å². The number of nitrogens with zero attached hydrogens (tertiary/aromatic N) is 5. The van der Waals surface area contributed by atoms with Crippen molar-refractivity contribution in [1.29, 1.82) is 5.26 Å². The topological polar surface area (TPSA) is 57.7 Å². The van der Waals surface area contributed by atoms with Gasteiger partial charge in [0.2, 0.25) is 0 Å². The number of anilines is 3. The lowest BCUT2D eigenvalue weighted by Crippen LogP contribution is -2.10. The van der Waals surface area contributed by atoms with Crippen LogP contribution in [0.25, 0.3) is 83.1 Å². The second kappa shape index (κ2) is 17.9. The van der Waals surface area contributed by atoms with E-state index in [0.717, 1.165) is 83.9 Å². The zero-order valence-electron chi connectivity index (χ0n) is 37.3. The largest absolute Gasteiger partial charge is 0.309 e. The predicted molar refractivity (Wildman–Crippen MR) is 287 cm³/mol. The van der Waals surface area contributed by atoms with Crippen LogP contribution in [0.2, 0.25) is 0 Å². The number of rotatable bonds is 10. The maximum atomic E-state index is 10.6. The van der Waals surface area contributed by atoms with Crippen molar-refractivity contribution in [3.8, 4) is 45.1 Å². The Balaban J connectivity index is 0.904. The van der Waals surface area contributed by atoms with Gasteiger partial charge >= 0.3 is 0 Å². The van der Waals surface area contributed by atoms with Crippen LogP contribution in [0.5, 0.6) is 0 Å². The van der Waals surface area contributed by atoms with Crippen molar-refractivity contribution in [2.24, 2.45) is 0 Å². The lowest BCUT2D eigenvalue weighted by atomic mass is 9.89. The summed E-state index contributed by atoms with van der Waals surface area (Å²) in [5, 5.41) is 13.1. The fourth-order valence-corrected chi connectivity index (χ4v) is 10.2. The van der Waals surface area contributed by atoms with Gasteiger partial charge in [-0.3, -0.25) is 0 Å². The van der Waals surface area contributed by atoms with Crippen LogP contribution in [0.15, 0.2) is 249 Å². The Bertz CT molecular complexity index is 3760. The predicted octanol–water partition coefficient (Wildman–Crippen LogP) is 16.7. The number of benzene rings is 10. The van der Waals surface area contributed by atoms with Gasteiger partial charge in [-0.05, 0) is 105 Å². The molecule has 0 N–H and O–H groups in total. The molecule has 0 aliphatic rings. The Kier molecular flexibility index (Phi) is 10.7. The van der Waals surface area contributed by atoms with Crippen LogP contribution < -0.4 is 4.90 Å². The summed E-state index contributed by atoms with van der Waals surface area (Å²) in [6.07, 6.45) is 0. The van der Waals surface area contributed by atoms with Gasteiger partial charge in [-0.25, -0.2) is 0 Å². The van der Waals surface area contributed by atoms with Crippen LogP contribution in [0.1, 0.15) is 16.7 Å². The molecule has 6 heteroatoms. The second-order valence-electron chi connectivity index (χ2n) is 17.0. The summed E-state index contributed by atoms with van der Waals surface area (Å²) < 4.78 is 12.2. The highest BCUT2D eigenvalue weighted by Crippen LogP contribution is 2.43. The summed E-state index contributed by atoms with van der Waals surface area (Å²) >= 11 is 1.24. The van der Waals surface area contributed by atoms with Gasteiger partial charge in [0.25, 0.3) is 0 Å². The molecule has 10 aromatic carbocycles. The Morgan fingerprint density at radius 2 is 0.855 bits per heavy atom. The molecule has 69 heavy (non-hydrogen) atoms. The molecule has 0 bridgehead atoms. The normalized spacial score (nSPS) is 11.2. The van der Waals surface area contributed by atoms with Gasteiger partial charge in [0.1, 0.15) is 17.1 Å². The summed E-state index contributed by atoms with van der Waals surface area (Å²) in [6, 6.07) is 89.4. The van der Waals surface area contributed by atoms with Crippen LogP contribution in [-0.4, -0.2) is 13.3 Å². The third-order valence-electron chi connectivity index (χ3n) is 13.0. The summed E-state index contributed by atoms with van der Waals surface area (Å²) in [4.78, 5) is 2.28. The van der Waals surface area contributed by atoms with Gasteiger partial charge in [0, 0.05) is 39.0 Å². The van der Waals surface area contributed by atoms with Gasteiger partial charge in [0.15, 0.2) is 0 Å². The van der Waals surface area contributed by atoms with Gasteiger partial charge in [0.05, 0.1) is 34.0 Å². The molecule has 0 saturated heterocycles. The molecular weight excluding hydrogens is 859 g/mol. The molecule has 0 saturated carbocycles. The van der Waals surface area contributed by atoms with Crippen molar-refractivity contribution < 1.29 is 0 Å². The lowest BCUT2D eigenvalue weighted by Gasteiger charge is -2.26. The molecule has 0 spiro atoms. The zero-order valence-corrected chi connectivity index (χ0v) is 38.1. The van der Waals surface area contributed by atoms with E-state index in [-0.39, 0.29) is 0 Å². The molecule has 0 aliphatic heterocycles. The average Bonchev–Trinajstić information content (AvgIpc) is 4.06. The summed E-state index contributed by atoms with van der Waals surface area (Å²) in [5.41, 5.74) is 19.1. The molecule has 0 amide bonds. The summed E-state index contributed by atoms with van der Waals surface area (Å²) in [7, 11) is 0. The van der Waals surface area contributed by atoms with Gasteiger partial charge in [-0.2, -0.15) is 14.0 Å². The number of para-hydroxylation sites is 2. The first kappa shape index (κ1) is 41.3. The van der Waals surface area contributed by atoms with E-state index in [1.807, 2.05) is 42.5 Å². The molecule has 5 nitrogen and oxygen atoms in total. The number of fused-ring (bicyclic) bond motifs is 4. The summed E-state index contributed by atoms with van der Waals surface area (Å²) in [5.74, 6) is 0. The average molecular weight is 900 g/mol. The Morgan fingerprint density at radius 1 is 0.406 bits per heavy atom. The smallest absolute Gasteiger partial charge is 0.129 e. The Labute approximate surface area is 404 Å². The minimum atomic E-state index is 0.633. The first-order valence-electron chi connectivity index (χ1n) is 23.0. The van der Waals surface area contributed by atoms with Crippen molar-refractivity contribution in [1.82, 2.24) is 13.3 Å². The van der Waals surface area contributed by atoms with Crippen molar-refractivity contribution >= 4 is 72.8 Å². The van der Waals surface area contributed by atoms with Crippen LogP contribution >= 0.6 is 11.7 Å². The number of allylic oxidation sites excluding steroid dienone is 1. The molecule has 0 fully saturated rings. The second-order valence-corrected chi connectivity index (χ2v) is 17.5. The monoisotopic (exact) mass is 899 g/mol. The maximum absolute atomic E-state index is 10.6. The van der Waals surface area contributed by atoms with E-state index in [1.165, 1.54) is 39.1 Å². The van der Waals surface area contributed by atoms with E-state index in [9.17, 15) is 5.26 Å². The van der Waals surface area contributed by atoms with E-state index in [1.54, 1.807) is 0 Å². The quantitative estimate of drug-likeness (QED) is 0.101. The minimum Gasteiger partial charge on any atom is -0.309 e. The van der Waals surface area contributed by atoms with Gasteiger partial charge in [-0.15, -0.1) is 0 Å². The first-order chi connectivity index (χ1) is 34.2. The van der Waals surface area contributed by atoms with E-state index in [0.29, 0.717) is 5.57 Å². The fourth-order valence-electron chi connectivity index (χ4n) is 9.68. The van der Waals surface area contributed by atoms with Crippen molar-refractivity contribution in [2.45, 2.75) is 0 Å². The van der Waals surface area contributed by atoms with E-state index in [4.69, 9.17) is 8.75 Å². The SMILES string of the molecule is N#CC(=C(c1ccccc1)c1ccccc1)c1ccc(-c2ccc(N(c3ccc(-c4ccccc4)cc3)c3ccc(-c4ccc(-n5c6ccccc6c6ccccc65)cc4)c4nsnc34)cc2)cc1. The molecule has 12 rings (SSSR count). The Morgan fingerprint density at radius 3 is 1.39 bits per heavy atom. The number of aromatic nitrogens is 3. The zero-order chi connectivity index (χ0) is 46.1. The number of nitriles is 1. The van der Waals surface area contributed by atoms with Gasteiger partial charge in [-0.1, -0.05) is 188 Å². The van der Waals surface area contributed by atoms with Crippen molar-refractivity contribution in [2.75, 3.05) is 4.90 Å². The molecule has 0 atom stereocenters. The molecule has 2 heterocycles. The van der Waals surface area contributed by atoms with Crippen LogP contribution in [0.4, 0.5) is 17.1 Å². The van der Waals surface area contributed by atoms with Crippen LogP contribution in [0.3, 0.4) is 0 Å². The third-order valence-corrected chi connectivity index (χ3v) is 13.5. The lowest BCUT2D eigenvalue weighted by molar-refractivity contribution is 1.18. The minimum absolute atomic E-state index is 0.633. The number of hydrogen-bond donors (Lipinski definition) is 0. The molecule has 0 radical (unpaired) electrons. The molecule has 0 aliphatic carbocycles. The van der Waals surface area contributed by atoms with Crippen molar-refractivity contribution in [3.63, 3.8) is 0 Å². The fraction of sp³-hybridized carbons (Fsp3) is 0. The highest BCUT2D eigenvalue weighted by Gasteiger charge is 2.21. The Hall–Kier alpha value is -9.15. The van der Waals surface area contributed by atoms with E-state index >= 15 is 0 Å². The molecular formula is C63H41N5S. The third kappa shape index (κ3) is 7.63. The van der Waals surface area contributed by atoms with Crippen LogP contribution in [-0.2, 0) is 0 Å². The van der Waals surface area contributed by atoms with Gasteiger partial charge < -0.3 is 9.47 Å². The maximum Gasteiger partial charge on any atom is 0.129 e. The first-order valence-corrected chi connectivity index (χ1v) is 23.7. The molecule has 0 unspecified atom stereocenters. The highest BCUT2D eigenvalue weighted by atomic mass is 32.1. The summed E-state index contributed by atoms with van der Waals surface area (Å²) in [6.45, 7) is 0.